The largest absolute Gasteiger partial charge is 0.352 e. The normalized spacial score (nSPS) is 31.5. The van der Waals surface area contributed by atoms with Gasteiger partial charge in [0.05, 0.1) is 26.4 Å². The molecule has 6 rings (SSSR count). The van der Waals surface area contributed by atoms with Crippen LogP contribution in [0.4, 0.5) is 0 Å². The Morgan fingerprint density at radius 3 is 1.57 bits per heavy atom. The van der Waals surface area contributed by atoms with E-state index in [2.05, 4.69) is 76.2 Å². The quantitative estimate of drug-likeness (QED) is 0.289. The third-order valence-electron chi connectivity index (χ3n) is 10.8. The molecule has 2 saturated heterocycles. The van der Waals surface area contributed by atoms with Gasteiger partial charge in [-0.15, -0.1) is 0 Å². The highest BCUT2D eigenvalue weighted by molar-refractivity contribution is 5.25. The predicted octanol–water partition coefficient (Wildman–Crippen LogP) is 11.2. The van der Waals surface area contributed by atoms with Crippen molar-refractivity contribution in [2.75, 3.05) is 26.4 Å². The molecule has 258 valence electrons. The first-order valence-corrected chi connectivity index (χ1v) is 19.0. The molecule has 0 aromatic heterocycles. The van der Waals surface area contributed by atoms with Gasteiger partial charge in [0.2, 0.25) is 0 Å². The molecule has 0 N–H and O–H groups in total. The molecule has 2 saturated carbocycles. The molecule has 46 heavy (non-hydrogen) atoms. The summed E-state index contributed by atoms with van der Waals surface area (Å²) in [5.74, 6) is 4.64. The lowest BCUT2D eigenvalue weighted by molar-refractivity contribution is -0.202. The summed E-state index contributed by atoms with van der Waals surface area (Å²) < 4.78 is 23.4. The molecule has 2 aliphatic carbocycles. The molecule has 2 heterocycles. The minimum atomic E-state index is -0.162. The van der Waals surface area contributed by atoms with E-state index in [-0.39, 0.29) is 12.6 Å². The molecular weight excluding hydrogens is 568 g/mol. The number of hydrogen-bond donors (Lipinski definition) is 0. The SMILES string of the molecule is CC.CC1CCC(CCc2ccc(C3OCC(C)CO3)cc2)CC1.Cc1ccc(C2COC(CCC3CCC(C)CC3)OC2)cc1. The van der Waals surface area contributed by atoms with Gasteiger partial charge in [-0.2, -0.15) is 0 Å². The molecule has 2 aromatic rings. The summed E-state index contributed by atoms with van der Waals surface area (Å²) in [5, 5.41) is 0. The van der Waals surface area contributed by atoms with Gasteiger partial charge in [-0.3, -0.25) is 0 Å². The summed E-state index contributed by atoms with van der Waals surface area (Å²) in [6.07, 6.45) is 16.1. The summed E-state index contributed by atoms with van der Waals surface area (Å²) in [4.78, 5) is 0. The monoisotopic (exact) mass is 634 g/mol. The molecule has 0 spiro atoms. The van der Waals surface area contributed by atoms with E-state index in [9.17, 15) is 0 Å². The Labute approximate surface area is 282 Å². The van der Waals surface area contributed by atoms with E-state index in [1.807, 2.05) is 13.8 Å². The van der Waals surface area contributed by atoms with Crippen molar-refractivity contribution in [1.82, 2.24) is 0 Å². The summed E-state index contributed by atoms with van der Waals surface area (Å²) in [6, 6.07) is 17.6. The second-order valence-electron chi connectivity index (χ2n) is 14.9. The van der Waals surface area contributed by atoms with Crippen molar-refractivity contribution in [1.29, 1.82) is 0 Å². The van der Waals surface area contributed by atoms with Crippen LogP contribution >= 0.6 is 0 Å². The highest BCUT2D eigenvalue weighted by atomic mass is 16.7. The highest BCUT2D eigenvalue weighted by Crippen LogP contribution is 2.34. The Morgan fingerprint density at radius 2 is 1.02 bits per heavy atom. The van der Waals surface area contributed by atoms with Gasteiger partial charge in [-0.05, 0) is 67.4 Å². The zero-order valence-electron chi connectivity index (χ0n) is 30.2. The first-order valence-electron chi connectivity index (χ1n) is 19.0. The van der Waals surface area contributed by atoms with E-state index in [0.717, 1.165) is 62.1 Å². The van der Waals surface area contributed by atoms with Crippen molar-refractivity contribution in [2.24, 2.45) is 29.6 Å². The molecule has 0 unspecified atom stereocenters. The van der Waals surface area contributed by atoms with Crippen molar-refractivity contribution in [3.63, 3.8) is 0 Å². The van der Waals surface area contributed by atoms with Gasteiger partial charge in [0, 0.05) is 17.4 Å². The van der Waals surface area contributed by atoms with Gasteiger partial charge in [0.15, 0.2) is 12.6 Å². The second-order valence-corrected chi connectivity index (χ2v) is 14.9. The predicted molar refractivity (Wildman–Crippen MR) is 191 cm³/mol. The summed E-state index contributed by atoms with van der Waals surface area (Å²) in [5.41, 5.74) is 5.25. The Balaban J connectivity index is 0.000000198. The fourth-order valence-corrected chi connectivity index (χ4v) is 7.35. The molecule has 0 bridgehead atoms. The van der Waals surface area contributed by atoms with Crippen LogP contribution in [0.3, 0.4) is 0 Å². The smallest absolute Gasteiger partial charge is 0.183 e. The lowest BCUT2D eigenvalue weighted by Gasteiger charge is -2.32. The third kappa shape index (κ3) is 12.4. The summed E-state index contributed by atoms with van der Waals surface area (Å²) in [7, 11) is 0. The Hall–Kier alpha value is -1.72. The van der Waals surface area contributed by atoms with Crippen molar-refractivity contribution < 1.29 is 18.9 Å². The molecule has 2 aromatic carbocycles. The van der Waals surface area contributed by atoms with Gasteiger partial charge in [-0.1, -0.05) is 140 Å². The Bertz CT molecular complexity index is 1050. The van der Waals surface area contributed by atoms with Crippen molar-refractivity contribution in [3.8, 4) is 0 Å². The number of aryl methyl sites for hydroxylation is 2. The van der Waals surface area contributed by atoms with E-state index in [4.69, 9.17) is 18.9 Å². The standard InChI is InChI=1S/2C20H30O2.C2H6/c1-15-3-7-17(8-4-15)9-12-20-21-13-19(14-22-20)18-10-5-16(2)6-11-18;1-15-3-5-17(6-4-15)7-8-18-9-11-19(12-10-18)20-21-13-16(2)14-22-20;1-2/h5-6,10-11,15,17,19-20H,3-4,7-9,12-14H2,1-2H3;9-12,15-17,20H,3-8,13-14H2,1-2H3;1-2H3. The minimum Gasteiger partial charge on any atom is -0.352 e. The van der Waals surface area contributed by atoms with Gasteiger partial charge in [0.1, 0.15) is 0 Å². The van der Waals surface area contributed by atoms with Gasteiger partial charge < -0.3 is 18.9 Å². The fourth-order valence-electron chi connectivity index (χ4n) is 7.35. The number of hydrogen-bond acceptors (Lipinski definition) is 4. The molecule has 4 aliphatic rings. The maximum Gasteiger partial charge on any atom is 0.183 e. The van der Waals surface area contributed by atoms with E-state index in [1.54, 1.807) is 0 Å². The first-order chi connectivity index (χ1) is 22.4. The highest BCUT2D eigenvalue weighted by Gasteiger charge is 2.26. The fraction of sp³-hybridized carbons (Fsp3) is 0.714. The van der Waals surface area contributed by atoms with E-state index in [1.165, 1.54) is 87.3 Å². The second kappa shape index (κ2) is 19.9. The van der Waals surface area contributed by atoms with Gasteiger partial charge >= 0.3 is 0 Å². The summed E-state index contributed by atoms with van der Waals surface area (Å²) in [6.45, 7) is 16.3. The minimum absolute atomic E-state index is 0.0287. The van der Waals surface area contributed by atoms with Crippen LogP contribution in [0.15, 0.2) is 48.5 Å². The zero-order chi connectivity index (χ0) is 32.7. The van der Waals surface area contributed by atoms with Crippen LogP contribution in [0.1, 0.15) is 140 Å². The molecule has 0 radical (unpaired) electrons. The van der Waals surface area contributed by atoms with Crippen LogP contribution in [0.2, 0.25) is 0 Å². The average Bonchev–Trinajstić information content (AvgIpc) is 3.10. The maximum absolute atomic E-state index is 5.97. The third-order valence-corrected chi connectivity index (χ3v) is 10.8. The van der Waals surface area contributed by atoms with Crippen molar-refractivity contribution >= 4 is 0 Å². The van der Waals surface area contributed by atoms with Crippen LogP contribution in [0.5, 0.6) is 0 Å². The molecule has 4 nitrogen and oxygen atoms in total. The molecule has 4 fully saturated rings. The maximum atomic E-state index is 5.97. The molecular formula is C42H66O4. The molecule has 2 aliphatic heterocycles. The van der Waals surface area contributed by atoms with E-state index >= 15 is 0 Å². The van der Waals surface area contributed by atoms with Crippen molar-refractivity contribution in [2.45, 2.75) is 137 Å². The van der Waals surface area contributed by atoms with Crippen LogP contribution in [0.25, 0.3) is 0 Å². The van der Waals surface area contributed by atoms with Crippen LogP contribution < -0.4 is 0 Å². The number of rotatable bonds is 8. The topological polar surface area (TPSA) is 36.9 Å². The Kier molecular flexibility index (Phi) is 16.1. The first kappa shape index (κ1) is 37.1. The Morgan fingerprint density at radius 1 is 0.522 bits per heavy atom. The van der Waals surface area contributed by atoms with Crippen LogP contribution in [-0.4, -0.2) is 32.7 Å². The molecule has 0 amide bonds. The zero-order valence-corrected chi connectivity index (χ0v) is 30.2. The van der Waals surface area contributed by atoms with Gasteiger partial charge in [0.25, 0.3) is 0 Å². The lowest BCUT2D eigenvalue weighted by atomic mass is 9.80. The average molecular weight is 635 g/mol. The van der Waals surface area contributed by atoms with Crippen LogP contribution in [-0.2, 0) is 25.4 Å². The van der Waals surface area contributed by atoms with Crippen molar-refractivity contribution in [3.05, 3.63) is 70.8 Å². The number of ether oxygens (including phenoxy) is 4. The molecule has 0 atom stereocenters. The van der Waals surface area contributed by atoms with Gasteiger partial charge in [-0.25, -0.2) is 0 Å². The van der Waals surface area contributed by atoms with E-state index < -0.39 is 0 Å². The summed E-state index contributed by atoms with van der Waals surface area (Å²) >= 11 is 0. The lowest BCUT2D eigenvalue weighted by Crippen LogP contribution is -2.31. The van der Waals surface area contributed by atoms with E-state index in [0.29, 0.717) is 11.8 Å². The number of benzene rings is 2. The molecule has 4 heteroatoms. The van der Waals surface area contributed by atoms with Crippen LogP contribution in [0, 0.1) is 36.5 Å².